The van der Waals surface area contributed by atoms with E-state index in [9.17, 15) is 9.59 Å². The summed E-state index contributed by atoms with van der Waals surface area (Å²) in [5, 5.41) is 4.95. The Hall–Kier alpha value is -1.58. The van der Waals surface area contributed by atoms with Crippen LogP contribution in [0.2, 0.25) is 0 Å². The van der Waals surface area contributed by atoms with Crippen molar-refractivity contribution in [2.24, 2.45) is 0 Å². The highest BCUT2D eigenvalue weighted by Gasteiger charge is 2.27. The molecule has 0 unspecified atom stereocenters. The van der Waals surface area contributed by atoms with Gasteiger partial charge in [0.1, 0.15) is 0 Å². The van der Waals surface area contributed by atoms with Crippen molar-refractivity contribution in [3.05, 3.63) is 23.5 Å². The lowest BCUT2D eigenvalue weighted by molar-refractivity contribution is -0.117. The first-order valence-electron chi connectivity index (χ1n) is 2.81. The second-order valence-corrected chi connectivity index (χ2v) is 2.08. The fourth-order valence-corrected chi connectivity index (χ4v) is 0.962. The first-order chi connectivity index (χ1) is 4.77. The van der Waals surface area contributed by atoms with Crippen LogP contribution in [0.4, 0.5) is 0 Å². The SMILES string of the molecule is O=C1C=C2C(=O)NC=C2N1. The maximum absolute atomic E-state index is 10.8. The Kier molecular flexibility index (Phi) is 0.768. The summed E-state index contributed by atoms with van der Waals surface area (Å²) in [7, 11) is 0. The standard InChI is InChI=1S/C6H4N2O2/c9-5-1-3-4(8-5)2-7-6(3)10/h1-2H,(H,7,10)(H,8,9). The van der Waals surface area contributed by atoms with Crippen LogP contribution in [0, 0.1) is 0 Å². The van der Waals surface area contributed by atoms with Gasteiger partial charge in [-0.1, -0.05) is 0 Å². The molecule has 2 aliphatic heterocycles. The summed E-state index contributed by atoms with van der Waals surface area (Å²) < 4.78 is 0. The van der Waals surface area contributed by atoms with Crippen LogP contribution < -0.4 is 10.6 Å². The quantitative estimate of drug-likeness (QED) is 0.449. The molecule has 2 heterocycles. The Morgan fingerprint density at radius 3 is 2.80 bits per heavy atom. The van der Waals surface area contributed by atoms with Gasteiger partial charge in [0.05, 0.1) is 11.3 Å². The number of nitrogens with one attached hydrogen (secondary N) is 2. The Morgan fingerprint density at radius 1 is 1.30 bits per heavy atom. The molecule has 4 nitrogen and oxygen atoms in total. The van der Waals surface area contributed by atoms with Crippen LogP contribution in [0.5, 0.6) is 0 Å². The first-order valence-corrected chi connectivity index (χ1v) is 2.81. The molecule has 4 heteroatoms. The van der Waals surface area contributed by atoms with Gasteiger partial charge in [0.2, 0.25) is 5.91 Å². The summed E-state index contributed by atoms with van der Waals surface area (Å²) >= 11 is 0. The molecule has 0 spiro atoms. The second-order valence-electron chi connectivity index (χ2n) is 2.08. The number of fused-ring (bicyclic) bond motifs is 1. The number of rotatable bonds is 0. The lowest BCUT2D eigenvalue weighted by atomic mass is 10.2. The Morgan fingerprint density at radius 2 is 2.10 bits per heavy atom. The summed E-state index contributed by atoms with van der Waals surface area (Å²) in [4.78, 5) is 21.4. The minimum Gasteiger partial charge on any atom is -0.326 e. The number of hydrogen-bond acceptors (Lipinski definition) is 2. The van der Waals surface area contributed by atoms with Crippen molar-refractivity contribution in [2.75, 3.05) is 0 Å². The third-order valence-electron chi connectivity index (χ3n) is 1.42. The molecule has 0 aliphatic carbocycles. The Labute approximate surface area is 56.6 Å². The molecule has 0 aromatic heterocycles. The summed E-state index contributed by atoms with van der Waals surface area (Å²) in [5.74, 6) is -0.440. The van der Waals surface area contributed by atoms with Gasteiger partial charge in [0.15, 0.2) is 0 Å². The molecule has 0 saturated carbocycles. The molecule has 0 radical (unpaired) electrons. The monoisotopic (exact) mass is 136 g/mol. The average molecular weight is 136 g/mol. The van der Waals surface area contributed by atoms with E-state index in [1.165, 1.54) is 12.3 Å². The van der Waals surface area contributed by atoms with E-state index in [1.54, 1.807) is 0 Å². The van der Waals surface area contributed by atoms with E-state index in [2.05, 4.69) is 10.6 Å². The zero-order chi connectivity index (χ0) is 7.14. The molecule has 50 valence electrons. The minimum atomic E-state index is -0.226. The van der Waals surface area contributed by atoms with Crippen LogP contribution >= 0.6 is 0 Å². The molecular weight excluding hydrogens is 132 g/mol. The number of hydrogen-bond donors (Lipinski definition) is 2. The molecule has 0 bridgehead atoms. The van der Waals surface area contributed by atoms with Crippen LogP contribution in [0.1, 0.15) is 0 Å². The van der Waals surface area contributed by atoms with Crippen LogP contribution in [0.15, 0.2) is 23.5 Å². The smallest absolute Gasteiger partial charge is 0.257 e. The molecule has 2 N–H and O–H groups in total. The van der Waals surface area contributed by atoms with Crippen LogP contribution in [0.25, 0.3) is 0 Å². The maximum atomic E-state index is 10.8. The summed E-state index contributed by atoms with van der Waals surface area (Å²) in [6, 6.07) is 0. The van der Waals surface area contributed by atoms with Gasteiger partial charge in [0.25, 0.3) is 5.91 Å². The van der Waals surface area contributed by atoms with Gasteiger partial charge in [-0.05, 0) is 0 Å². The van der Waals surface area contributed by atoms with Crippen LogP contribution in [-0.4, -0.2) is 11.8 Å². The summed E-state index contributed by atoms with van der Waals surface area (Å²) in [6.45, 7) is 0. The molecular formula is C6H4N2O2. The van der Waals surface area contributed by atoms with E-state index in [-0.39, 0.29) is 11.8 Å². The molecule has 0 fully saturated rings. The van der Waals surface area contributed by atoms with Gasteiger partial charge in [-0.2, -0.15) is 0 Å². The molecule has 2 rings (SSSR count). The molecule has 2 amide bonds. The molecule has 0 saturated heterocycles. The van der Waals surface area contributed by atoms with Gasteiger partial charge in [-0.15, -0.1) is 0 Å². The van der Waals surface area contributed by atoms with E-state index in [0.717, 1.165) is 0 Å². The summed E-state index contributed by atoms with van der Waals surface area (Å²) in [6.07, 6.45) is 2.77. The zero-order valence-corrected chi connectivity index (χ0v) is 4.97. The highest BCUT2D eigenvalue weighted by Crippen LogP contribution is 2.16. The van der Waals surface area contributed by atoms with Crippen molar-refractivity contribution in [2.45, 2.75) is 0 Å². The van der Waals surface area contributed by atoms with Gasteiger partial charge in [0, 0.05) is 12.3 Å². The lowest BCUT2D eigenvalue weighted by Gasteiger charge is -1.88. The predicted octanol–water partition coefficient (Wildman–Crippen LogP) is -0.986. The highest BCUT2D eigenvalue weighted by molar-refractivity contribution is 6.11. The van der Waals surface area contributed by atoms with Crippen molar-refractivity contribution >= 4 is 11.8 Å². The van der Waals surface area contributed by atoms with Crippen molar-refractivity contribution in [3.63, 3.8) is 0 Å². The molecule has 0 atom stereocenters. The van der Waals surface area contributed by atoms with Gasteiger partial charge in [-0.3, -0.25) is 9.59 Å². The summed E-state index contributed by atoms with van der Waals surface area (Å²) in [5.41, 5.74) is 1.01. The van der Waals surface area contributed by atoms with Crippen molar-refractivity contribution < 1.29 is 9.59 Å². The zero-order valence-electron chi connectivity index (χ0n) is 4.97. The van der Waals surface area contributed by atoms with Crippen molar-refractivity contribution in [3.8, 4) is 0 Å². The van der Waals surface area contributed by atoms with E-state index >= 15 is 0 Å². The highest BCUT2D eigenvalue weighted by atomic mass is 16.2. The third-order valence-corrected chi connectivity index (χ3v) is 1.42. The normalized spacial score (nSPS) is 21.2. The van der Waals surface area contributed by atoms with Crippen LogP contribution in [0.3, 0.4) is 0 Å². The maximum Gasteiger partial charge on any atom is 0.257 e. The Bertz CT molecular complexity index is 288. The molecule has 0 aromatic rings. The van der Waals surface area contributed by atoms with Crippen LogP contribution in [-0.2, 0) is 9.59 Å². The largest absolute Gasteiger partial charge is 0.326 e. The first kappa shape index (κ1) is 5.22. The van der Waals surface area contributed by atoms with Gasteiger partial charge in [-0.25, -0.2) is 0 Å². The van der Waals surface area contributed by atoms with Crippen molar-refractivity contribution in [1.29, 1.82) is 0 Å². The van der Waals surface area contributed by atoms with E-state index in [0.29, 0.717) is 11.3 Å². The fourth-order valence-electron chi connectivity index (χ4n) is 0.962. The number of carbonyl (C=O) groups is 2. The minimum absolute atomic E-state index is 0.214. The van der Waals surface area contributed by atoms with Gasteiger partial charge >= 0.3 is 0 Å². The second kappa shape index (κ2) is 1.47. The fraction of sp³-hybridized carbons (Fsp3) is 0. The average Bonchev–Trinajstić information content (AvgIpc) is 2.35. The van der Waals surface area contributed by atoms with Crippen molar-refractivity contribution in [1.82, 2.24) is 10.6 Å². The number of carbonyl (C=O) groups excluding carboxylic acids is 2. The molecule has 2 aliphatic rings. The number of amides is 2. The third kappa shape index (κ3) is 0.500. The van der Waals surface area contributed by atoms with Gasteiger partial charge < -0.3 is 10.6 Å². The van der Waals surface area contributed by atoms with E-state index in [4.69, 9.17) is 0 Å². The molecule has 0 aromatic carbocycles. The topological polar surface area (TPSA) is 58.2 Å². The van der Waals surface area contributed by atoms with E-state index in [1.807, 2.05) is 0 Å². The Balaban J connectivity index is 2.48. The lowest BCUT2D eigenvalue weighted by Crippen LogP contribution is -2.13. The predicted molar refractivity (Wildman–Crippen MR) is 32.5 cm³/mol. The molecule has 10 heavy (non-hydrogen) atoms. The van der Waals surface area contributed by atoms with E-state index < -0.39 is 0 Å².